The zero-order valence-electron chi connectivity index (χ0n) is 17.6. The minimum absolute atomic E-state index is 0.00611. The van der Waals surface area contributed by atoms with Crippen molar-refractivity contribution >= 4 is 33.7 Å². The van der Waals surface area contributed by atoms with Crippen LogP contribution in [0.3, 0.4) is 0 Å². The number of aliphatic carboxylic acids is 1. The van der Waals surface area contributed by atoms with Crippen molar-refractivity contribution in [2.45, 2.75) is 43.9 Å². The summed E-state index contributed by atoms with van der Waals surface area (Å²) < 4.78 is 5.50. The van der Waals surface area contributed by atoms with Gasteiger partial charge < -0.3 is 15.2 Å². The van der Waals surface area contributed by atoms with Crippen LogP contribution in [0.1, 0.15) is 44.7 Å². The minimum atomic E-state index is -1.41. The normalized spacial score (nSPS) is 15.1. The van der Waals surface area contributed by atoms with Gasteiger partial charge in [-0.05, 0) is 29.2 Å². The van der Waals surface area contributed by atoms with E-state index >= 15 is 0 Å². The van der Waals surface area contributed by atoms with Crippen molar-refractivity contribution in [2.75, 3.05) is 12.4 Å². The summed E-state index contributed by atoms with van der Waals surface area (Å²) in [6, 6.07) is 16.2. The lowest BCUT2D eigenvalue weighted by Crippen LogP contribution is -2.54. The van der Waals surface area contributed by atoms with Gasteiger partial charge in [-0.2, -0.15) is 0 Å². The summed E-state index contributed by atoms with van der Waals surface area (Å²) in [6.07, 6.45) is -0.719. The van der Waals surface area contributed by atoms with E-state index in [-0.39, 0.29) is 23.0 Å². The number of alkyl carbamates (subject to hydrolysis) is 1. The maximum Gasteiger partial charge on any atom is 0.408 e. The van der Waals surface area contributed by atoms with Gasteiger partial charge in [-0.25, -0.2) is 9.59 Å². The van der Waals surface area contributed by atoms with E-state index < -0.39 is 17.6 Å². The Morgan fingerprint density at radius 2 is 1.53 bits per heavy atom. The molecular formula is C23H27NO4S2. The van der Waals surface area contributed by atoms with E-state index in [1.165, 1.54) is 17.7 Å². The molecule has 0 radical (unpaired) electrons. The molecule has 1 amide bonds. The SMILES string of the molecule is CC(C)(C)SSC[C@](C)(NC(=O)OCC1c2ccccc2-c2ccccc21)C(=O)O. The zero-order valence-corrected chi connectivity index (χ0v) is 19.2. The van der Waals surface area contributed by atoms with Gasteiger partial charge in [0.15, 0.2) is 0 Å². The second kappa shape index (κ2) is 8.94. The molecular weight excluding hydrogens is 418 g/mol. The Hall–Kier alpha value is -2.12. The number of hydrogen-bond donors (Lipinski definition) is 2. The number of ether oxygens (including phenoxy) is 1. The fourth-order valence-corrected chi connectivity index (χ4v) is 6.12. The van der Waals surface area contributed by atoms with Gasteiger partial charge in [-0.15, -0.1) is 0 Å². The van der Waals surface area contributed by atoms with Crippen molar-refractivity contribution < 1.29 is 19.4 Å². The van der Waals surface area contributed by atoms with Gasteiger partial charge in [-0.1, -0.05) is 90.9 Å². The first-order valence-electron chi connectivity index (χ1n) is 9.78. The van der Waals surface area contributed by atoms with Crippen LogP contribution < -0.4 is 5.32 Å². The third-order valence-electron chi connectivity index (χ3n) is 4.85. The lowest BCUT2D eigenvalue weighted by atomic mass is 9.98. The summed E-state index contributed by atoms with van der Waals surface area (Å²) in [6.45, 7) is 7.83. The van der Waals surface area contributed by atoms with Crippen molar-refractivity contribution in [3.63, 3.8) is 0 Å². The Labute approximate surface area is 185 Å². The fraction of sp³-hybridized carbons (Fsp3) is 0.391. The maximum absolute atomic E-state index is 12.5. The van der Waals surface area contributed by atoms with Crippen molar-refractivity contribution in [3.05, 3.63) is 59.7 Å². The predicted octanol–water partition coefficient (Wildman–Crippen LogP) is 5.55. The lowest BCUT2D eigenvalue weighted by Gasteiger charge is -2.27. The predicted molar refractivity (Wildman–Crippen MR) is 124 cm³/mol. The molecule has 1 aliphatic rings. The summed E-state index contributed by atoms with van der Waals surface area (Å²) >= 11 is 0. The van der Waals surface area contributed by atoms with E-state index in [9.17, 15) is 14.7 Å². The van der Waals surface area contributed by atoms with Crippen LogP contribution in [-0.2, 0) is 9.53 Å². The standard InChI is InChI=1S/C23H27NO4S2/c1-22(2,3)30-29-14-23(4,20(25)26)24-21(27)28-13-19-17-11-7-5-9-15(17)16-10-6-8-12-18(16)19/h5-12,19H,13-14H2,1-4H3,(H,24,27)(H,25,26)/t23-/m0/s1. The number of carboxylic acids is 1. The monoisotopic (exact) mass is 445 g/mol. The van der Waals surface area contributed by atoms with Crippen LogP contribution in [0.25, 0.3) is 11.1 Å². The molecule has 3 rings (SSSR count). The molecule has 5 nitrogen and oxygen atoms in total. The second-order valence-corrected chi connectivity index (χ2v) is 11.7. The zero-order chi connectivity index (χ0) is 21.9. The van der Waals surface area contributed by atoms with Crippen molar-refractivity contribution in [2.24, 2.45) is 0 Å². The summed E-state index contributed by atoms with van der Waals surface area (Å²) in [4.78, 5) is 24.3. The van der Waals surface area contributed by atoms with Gasteiger partial charge in [-0.3, -0.25) is 0 Å². The molecule has 7 heteroatoms. The number of carboxylic acid groups (broad SMARTS) is 1. The van der Waals surface area contributed by atoms with Gasteiger partial charge in [0.25, 0.3) is 0 Å². The molecule has 0 aliphatic heterocycles. The average molecular weight is 446 g/mol. The van der Waals surface area contributed by atoms with Gasteiger partial charge in [0.05, 0.1) is 0 Å². The van der Waals surface area contributed by atoms with E-state index in [0.29, 0.717) is 0 Å². The summed E-state index contributed by atoms with van der Waals surface area (Å²) in [7, 11) is 3.01. The van der Waals surface area contributed by atoms with Gasteiger partial charge in [0.1, 0.15) is 12.1 Å². The van der Waals surface area contributed by atoms with Crippen LogP contribution in [0.5, 0.6) is 0 Å². The molecule has 0 saturated heterocycles. The summed E-state index contributed by atoms with van der Waals surface area (Å²) in [5.41, 5.74) is 3.11. The Morgan fingerprint density at radius 1 is 1.00 bits per heavy atom. The maximum atomic E-state index is 12.5. The molecule has 2 aromatic rings. The van der Waals surface area contributed by atoms with Crippen molar-refractivity contribution in [1.82, 2.24) is 5.32 Å². The van der Waals surface area contributed by atoms with E-state index in [2.05, 4.69) is 38.2 Å². The van der Waals surface area contributed by atoms with E-state index in [1.54, 1.807) is 10.8 Å². The van der Waals surface area contributed by atoms with Crippen LogP contribution in [0.4, 0.5) is 4.79 Å². The molecule has 0 unspecified atom stereocenters. The molecule has 1 aliphatic carbocycles. The summed E-state index contributed by atoms with van der Waals surface area (Å²) in [5, 5.41) is 12.2. The highest BCUT2D eigenvalue weighted by molar-refractivity contribution is 8.77. The van der Waals surface area contributed by atoms with Crippen LogP contribution in [0, 0.1) is 0 Å². The number of benzene rings is 2. The third-order valence-corrected chi connectivity index (χ3v) is 8.37. The Bertz CT molecular complexity index is 895. The highest BCUT2D eigenvalue weighted by Crippen LogP contribution is 2.44. The smallest absolute Gasteiger partial charge is 0.408 e. The molecule has 0 heterocycles. The molecule has 1 atom stereocenters. The van der Waals surface area contributed by atoms with Gasteiger partial charge >= 0.3 is 12.1 Å². The second-order valence-electron chi connectivity index (χ2n) is 8.55. The number of rotatable bonds is 7. The molecule has 0 bridgehead atoms. The lowest BCUT2D eigenvalue weighted by molar-refractivity contribution is -0.142. The average Bonchev–Trinajstić information content (AvgIpc) is 2.99. The van der Waals surface area contributed by atoms with Gasteiger partial charge in [0.2, 0.25) is 0 Å². The number of carbonyl (C=O) groups is 2. The van der Waals surface area contributed by atoms with Crippen LogP contribution in [0.15, 0.2) is 48.5 Å². The van der Waals surface area contributed by atoms with Crippen LogP contribution in [-0.4, -0.2) is 39.8 Å². The number of fused-ring (bicyclic) bond motifs is 3. The van der Waals surface area contributed by atoms with E-state index in [4.69, 9.17) is 4.74 Å². The largest absolute Gasteiger partial charge is 0.479 e. The van der Waals surface area contributed by atoms with E-state index in [1.807, 2.05) is 36.4 Å². The molecule has 2 aromatic carbocycles. The molecule has 0 fully saturated rings. The highest BCUT2D eigenvalue weighted by atomic mass is 33.1. The Kier molecular flexibility index (Phi) is 6.72. The first kappa shape index (κ1) is 22.6. The van der Waals surface area contributed by atoms with Crippen LogP contribution in [0.2, 0.25) is 0 Å². The number of amides is 1. The van der Waals surface area contributed by atoms with Crippen LogP contribution >= 0.6 is 21.6 Å². The Morgan fingerprint density at radius 3 is 2.03 bits per heavy atom. The number of hydrogen-bond acceptors (Lipinski definition) is 5. The fourth-order valence-electron chi connectivity index (χ4n) is 3.34. The molecule has 0 saturated carbocycles. The summed E-state index contributed by atoms with van der Waals surface area (Å²) in [5.74, 6) is -0.919. The quantitative estimate of drug-likeness (QED) is 0.544. The minimum Gasteiger partial charge on any atom is -0.479 e. The number of carbonyl (C=O) groups excluding carboxylic acids is 1. The first-order chi connectivity index (χ1) is 14.1. The molecule has 160 valence electrons. The topological polar surface area (TPSA) is 75.6 Å². The molecule has 30 heavy (non-hydrogen) atoms. The van der Waals surface area contributed by atoms with Crippen molar-refractivity contribution in [3.8, 4) is 11.1 Å². The van der Waals surface area contributed by atoms with Gasteiger partial charge in [0, 0.05) is 16.4 Å². The number of nitrogens with one attached hydrogen (secondary N) is 1. The van der Waals surface area contributed by atoms with E-state index in [0.717, 1.165) is 22.3 Å². The third kappa shape index (κ3) is 5.13. The molecule has 2 N–H and O–H groups in total. The molecule has 0 spiro atoms. The Balaban J connectivity index is 1.65. The first-order valence-corrected chi connectivity index (χ1v) is 12.1. The highest BCUT2D eigenvalue weighted by Gasteiger charge is 2.37. The van der Waals surface area contributed by atoms with Crippen molar-refractivity contribution in [1.29, 1.82) is 0 Å². The molecule has 0 aromatic heterocycles.